The molecule has 164 valence electrons. The Labute approximate surface area is 191 Å². The molecule has 1 aromatic carbocycles. The summed E-state index contributed by atoms with van der Waals surface area (Å²) in [6.45, 7) is 8.44. The predicted octanol–water partition coefficient (Wildman–Crippen LogP) is 4.34. The second-order valence-electron chi connectivity index (χ2n) is 8.31. The highest BCUT2D eigenvalue weighted by Crippen LogP contribution is 2.37. The fraction of sp³-hybridized carbons (Fsp3) is 0.478. The fourth-order valence-corrected chi connectivity index (χ4v) is 4.53. The number of hydrogen-bond acceptors (Lipinski definition) is 4. The molecule has 0 radical (unpaired) electrons. The molecule has 0 atom stereocenters. The number of nitrogens with one attached hydrogen (secondary N) is 1. The van der Waals surface area contributed by atoms with Gasteiger partial charge in [0.1, 0.15) is 12.4 Å². The Kier molecular flexibility index (Phi) is 8.53. The van der Waals surface area contributed by atoms with Crippen molar-refractivity contribution in [3.63, 3.8) is 0 Å². The standard InChI is InChI=1S/C23H29N3O2.2ClH/c1-17-12-20(13-18(2)21(17)28-15-19-4-3-8-24-14-19)22(27)26-10-6-23(7-11-26)5-9-25-16-23;;/h3-4,8,12-14,25H,5-7,9-11,15-16H2,1-2H3;2*1H. The van der Waals surface area contributed by atoms with Gasteiger partial charge in [0.15, 0.2) is 0 Å². The van der Waals surface area contributed by atoms with Crippen LogP contribution in [0, 0.1) is 19.3 Å². The second kappa shape index (κ2) is 10.5. The number of nitrogens with zero attached hydrogens (tertiary/aromatic N) is 2. The van der Waals surface area contributed by atoms with E-state index < -0.39 is 0 Å². The minimum atomic E-state index is 0. The average Bonchev–Trinajstić information content (AvgIpc) is 3.16. The minimum absolute atomic E-state index is 0. The maximum atomic E-state index is 13.1. The molecule has 30 heavy (non-hydrogen) atoms. The summed E-state index contributed by atoms with van der Waals surface area (Å²) in [5.74, 6) is 1.00. The van der Waals surface area contributed by atoms with Gasteiger partial charge in [-0.2, -0.15) is 0 Å². The van der Waals surface area contributed by atoms with E-state index in [9.17, 15) is 4.79 Å². The Hall–Kier alpha value is -1.82. The van der Waals surface area contributed by atoms with Crippen molar-refractivity contribution < 1.29 is 9.53 Å². The van der Waals surface area contributed by atoms with Crippen LogP contribution < -0.4 is 10.1 Å². The fourth-order valence-electron chi connectivity index (χ4n) is 4.53. The summed E-state index contributed by atoms with van der Waals surface area (Å²) in [5, 5.41) is 3.48. The topological polar surface area (TPSA) is 54.5 Å². The van der Waals surface area contributed by atoms with Gasteiger partial charge < -0.3 is 15.0 Å². The highest BCUT2D eigenvalue weighted by atomic mass is 35.5. The molecule has 0 unspecified atom stereocenters. The third-order valence-corrected chi connectivity index (χ3v) is 6.26. The van der Waals surface area contributed by atoms with E-state index in [1.54, 1.807) is 6.20 Å². The summed E-state index contributed by atoms with van der Waals surface area (Å²) in [4.78, 5) is 19.2. The number of benzene rings is 1. The number of carbonyl (C=O) groups is 1. The van der Waals surface area contributed by atoms with Crippen LogP contribution in [0.2, 0.25) is 0 Å². The molecule has 1 N–H and O–H groups in total. The molecule has 0 bridgehead atoms. The molecule has 3 heterocycles. The molecule has 2 aliphatic rings. The molecule has 7 heteroatoms. The van der Waals surface area contributed by atoms with Gasteiger partial charge in [-0.3, -0.25) is 9.78 Å². The molecule has 0 saturated carbocycles. The highest BCUT2D eigenvalue weighted by molar-refractivity contribution is 5.95. The molecule has 1 amide bonds. The van der Waals surface area contributed by atoms with Gasteiger partial charge in [0.25, 0.3) is 5.91 Å². The molecule has 0 aliphatic carbocycles. The SMILES string of the molecule is Cc1cc(C(=O)N2CCC3(CCNC3)CC2)cc(C)c1OCc1cccnc1.Cl.Cl. The number of halogens is 2. The number of carbonyl (C=O) groups excluding carboxylic acids is 1. The average molecular weight is 452 g/mol. The number of aryl methyl sites for hydroxylation is 2. The third-order valence-electron chi connectivity index (χ3n) is 6.26. The van der Waals surface area contributed by atoms with Crippen LogP contribution >= 0.6 is 24.8 Å². The minimum Gasteiger partial charge on any atom is -0.488 e. The lowest BCUT2D eigenvalue weighted by molar-refractivity contribution is 0.0607. The number of amides is 1. The first-order valence-electron chi connectivity index (χ1n) is 10.2. The maximum absolute atomic E-state index is 13.1. The summed E-state index contributed by atoms with van der Waals surface area (Å²) in [5.41, 5.74) is 4.22. The number of rotatable bonds is 4. The van der Waals surface area contributed by atoms with Gasteiger partial charge in [0.2, 0.25) is 0 Å². The van der Waals surface area contributed by atoms with Crippen molar-refractivity contribution in [1.82, 2.24) is 15.2 Å². The Morgan fingerprint density at radius 2 is 1.87 bits per heavy atom. The van der Waals surface area contributed by atoms with Crippen LogP contribution in [0.25, 0.3) is 0 Å². The first kappa shape index (κ1) is 24.4. The third kappa shape index (κ3) is 5.26. The van der Waals surface area contributed by atoms with Crippen molar-refractivity contribution in [3.8, 4) is 5.75 Å². The van der Waals surface area contributed by atoms with Crippen molar-refractivity contribution in [2.75, 3.05) is 26.2 Å². The van der Waals surface area contributed by atoms with E-state index in [1.165, 1.54) is 6.42 Å². The van der Waals surface area contributed by atoms with E-state index >= 15 is 0 Å². The second-order valence-corrected chi connectivity index (χ2v) is 8.31. The van der Waals surface area contributed by atoms with Gasteiger partial charge in [-0.15, -0.1) is 24.8 Å². The van der Waals surface area contributed by atoms with Crippen molar-refractivity contribution in [1.29, 1.82) is 0 Å². The first-order chi connectivity index (χ1) is 13.6. The molecule has 4 rings (SSSR count). The summed E-state index contributed by atoms with van der Waals surface area (Å²) < 4.78 is 6.03. The Bertz CT molecular complexity index is 822. The van der Waals surface area contributed by atoms with E-state index in [2.05, 4.69) is 10.3 Å². The number of pyridine rings is 1. The van der Waals surface area contributed by atoms with Gasteiger partial charge in [-0.05, 0) is 74.4 Å². The first-order valence-corrected chi connectivity index (χ1v) is 10.2. The number of hydrogen-bond donors (Lipinski definition) is 1. The zero-order chi connectivity index (χ0) is 19.6. The van der Waals surface area contributed by atoms with Crippen LogP contribution in [0.4, 0.5) is 0 Å². The lowest BCUT2D eigenvalue weighted by Crippen LogP contribution is -2.44. The Morgan fingerprint density at radius 1 is 1.17 bits per heavy atom. The van der Waals surface area contributed by atoms with Crippen molar-refractivity contribution in [3.05, 3.63) is 58.9 Å². The Morgan fingerprint density at radius 3 is 2.43 bits per heavy atom. The highest BCUT2D eigenvalue weighted by Gasteiger charge is 2.38. The smallest absolute Gasteiger partial charge is 0.253 e. The zero-order valence-corrected chi connectivity index (χ0v) is 19.3. The Balaban J connectivity index is 0.00000160. The monoisotopic (exact) mass is 451 g/mol. The van der Waals surface area contributed by atoms with E-state index in [0.29, 0.717) is 12.0 Å². The molecule has 2 aliphatic heterocycles. The quantitative estimate of drug-likeness (QED) is 0.750. The van der Waals surface area contributed by atoms with Gasteiger partial charge in [-0.1, -0.05) is 6.07 Å². The summed E-state index contributed by atoms with van der Waals surface area (Å²) in [7, 11) is 0. The van der Waals surface area contributed by atoms with Crippen LogP contribution in [-0.2, 0) is 6.61 Å². The number of aromatic nitrogens is 1. The maximum Gasteiger partial charge on any atom is 0.253 e. The molecule has 2 saturated heterocycles. The van der Waals surface area contributed by atoms with Crippen LogP contribution in [0.15, 0.2) is 36.7 Å². The predicted molar refractivity (Wildman–Crippen MR) is 124 cm³/mol. The molecule has 1 spiro atoms. The van der Waals surface area contributed by atoms with E-state index in [1.807, 2.05) is 49.2 Å². The van der Waals surface area contributed by atoms with E-state index in [4.69, 9.17) is 4.74 Å². The largest absolute Gasteiger partial charge is 0.488 e. The van der Waals surface area contributed by atoms with Crippen molar-refractivity contribution in [2.24, 2.45) is 5.41 Å². The normalized spacial score (nSPS) is 17.2. The van der Waals surface area contributed by atoms with Crippen LogP contribution in [0.5, 0.6) is 5.75 Å². The molecular weight excluding hydrogens is 421 g/mol. The van der Waals surface area contributed by atoms with E-state index in [0.717, 1.165) is 67.0 Å². The summed E-state index contributed by atoms with van der Waals surface area (Å²) in [6, 6.07) is 7.84. The molecule has 2 aromatic rings. The molecule has 1 aromatic heterocycles. The summed E-state index contributed by atoms with van der Waals surface area (Å²) in [6.07, 6.45) is 7.03. The molecule has 2 fully saturated rings. The molecular formula is C23H31Cl2N3O2. The van der Waals surface area contributed by atoms with E-state index in [-0.39, 0.29) is 30.7 Å². The number of ether oxygens (including phenoxy) is 1. The number of likely N-dealkylation sites (tertiary alicyclic amines) is 1. The van der Waals surface area contributed by atoms with Crippen molar-refractivity contribution >= 4 is 30.7 Å². The van der Waals surface area contributed by atoms with Gasteiger partial charge in [0.05, 0.1) is 0 Å². The lowest BCUT2D eigenvalue weighted by atomic mass is 9.78. The van der Waals surface area contributed by atoms with Crippen LogP contribution in [0.3, 0.4) is 0 Å². The lowest BCUT2D eigenvalue weighted by Gasteiger charge is -2.39. The molecule has 5 nitrogen and oxygen atoms in total. The summed E-state index contributed by atoms with van der Waals surface area (Å²) >= 11 is 0. The van der Waals surface area contributed by atoms with Crippen molar-refractivity contribution in [2.45, 2.75) is 39.7 Å². The number of piperidine rings is 1. The van der Waals surface area contributed by atoms with Crippen LogP contribution in [0.1, 0.15) is 46.3 Å². The van der Waals surface area contributed by atoms with Gasteiger partial charge >= 0.3 is 0 Å². The van der Waals surface area contributed by atoms with Crippen LogP contribution in [-0.4, -0.2) is 42.0 Å². The zero-order valence-electron chi connectivity index (χ0n) is 17.6. The van der Waals surface area contributed by atoms with Gasteiger partial charge in [-0.25, -0.2) is 0 Å². The van der Waals surface area contributed by atoms with Gasteiger partial charge in [0, 0.05) is 43.2 Å².